The number of hydrogen-bond donors (Lipinski definition) is 1. The summed E-state index contributed by atoms with van der Waals surface area (Å²) in [5, 5.41) is 12.6. The fraction of sp³-hybridized carbons (Fsp3) is 0.727. The van der Waals surface area contributed by atoms with Gasteiger partial charge in [0.2, 0.25) is 0 Å². The van der Waals surface area contributed by atoms with Crippen LogP contribution in [0.3, 0.4) is 0 Å². The van der Waals surface area contributed by atoms with Gasteiger partial charge in [-0.1, -0.05) is 5.16 Å². The fourth-order valence-corrected chi connectivity index (χ4v) is 2.28. The van der Waals surface area contributed by atoms with Crippen molar-refractivity contribution in [1.29, 1.82) is 0 Å². The third kappa shape index (κ3) is 3.04. The van der Waals surface area contributed by atoms with E-state index in [1.807, 2.05) is 0 Å². The smallest absolute Gasteiger partial charge is 0.128 e. The van der Waals surface area contributed by atoms with Crippen LogP contribution in [0.1, 0.15) is 24.8 Å². The predicted octanol–water partition coefficient (Wildman–Crippen LogP) is 1.27. The number of aliphatic hydroxyl groups is 1. The van der Waals surface area contributed by atoms with E-state index < -0.39 is 0 Å². The molecule has 2 rings (SSSR count). The van der Waals surface area contributed by atoms with Crippen LogP contribution in [0.5, 0.6) is 0 Å². The van der Waals surface area contributed by atoms with Gasteiger partial charge in [0.25, 0.3) is 0 Å². The van der Waals surface area contributed by atoms with E-state index >= 15 is 0 Å². The lowest BCUT2D eigenvalue weighted by atomic mass is 9.95. The van der Waals surface area contributed by atoms with Crippen molar-refractivity contribution in [2.75, 3.05) is 19.7 Å². The molecule has 1 aromatic heterocycles. The van der Waals surface area contributed by atoms with Gasteiger partial charge in [0, 0.05) is 25.3 Å². The van der Waals surface area contributed by atoms with Crippen LogP contribution >= 0.6 is 0 Å². The average molecular weight is 210 g/mol. The second-order valence-corrected chi connectivity index (χ2v) is 4.29. The van der Waals surface area contributed by atoms with Gasteiger partial charge < -0.3 is 9.63 Å². The maximum Gasteiger partial charge on any atom is 0.128 e. The van der Waals surface area contributed by atoms with E-state index in [1.165, 1.54) is 12.8 Å². The summed E-state index contributed by atoms with van der Waals surface area (Å²) < 4.78 is 4.81. The number of hydrogen-bond acceptors (Lipinski definition) is 4. The molecule has 15 heavy (non-hydrogen) atoms. The Morgan fingerprint density at radius 3 is 3.27 bits per heavy atom. The van der Waals surface area contributed by atoms with E-state index in [0.29, 0.717) is 12.5 Å². The Morgan fingerprint density at radius 2 is 2.53 bits per heavy atom. The number of nitrogens with zero attached hydrogens (tertiary/aromatic N) is 2. The molecule has 1 aliphatic rings. The van der Waals surface area contributed by atoms with Crippen LogP contribution in [0.15, 0.2) is 17.0 Å². The van der Waals surface area contributed by atoms with E-state index in [4.69, 9.17) is 9.63 Å². The molecule has 0 amide bonds. The molecule has 0 saturated carbocycles. The molecule has 0 spiro atoms. The van der Waals surface area contributed by atoms with Gasteiger partial charge >= 0.3 is 0 Å². The third-order valence-electron chi connectivity index (χ3n) is 3.03. The number of aliphatic hydroxyl groups excluding tert-OH is 1. The van der Waals surface area contributed by atoms with E-state index in [1.54, 1.807) is 12.5 Å². The summed E-state index contributed by atoms with van der Waals surface area (Å²) in [5.74, 6) is 0.656. The minimum absolute atomic E-state index is 0.311. The lowest BCUT2D eigenvalue weighted by Crippen LogP contribution is -2.35. The Balaban J connectivity index is 1.82. The summed E-state index contributed by atoms with van der Waals surface area (Å²) in [6.07, 6.45) is 6.89. The van der Waals surface area contributed by atoms with Crippen LogP contribution in [0.4, 0.5) is 0 Å². The van der Waals surface area contributed by atoms with Crippen molar-refractivity contribution in [3.05, 3.63) is 18.0 Å². The molecule has 1 aliphatic heterocycles. The molecule has 0 aliphatic carbocycles. The quantitative estimate of drug-likeness (QED) is 0.813. The molecule has 0 bridgehead atoms. The zero-order valence-electron chi connectivity index (χ0n) is 8.93. The SMILES string of the molecule is OCCC1CCCN(Cc2cnoc2)C1. The van der Waals surface area contributed by atoms with E-state index in [0.717, 1.165) is 31.6 Å². The van der Waals surface area contributed by atoms with Gasteiger partial charge in [-0.15, -0.1) is 0 Å². The first-order valence-corrected chi connectivity index (χ1v) is 5.60. The van der Waals surface area contributed by atoms with Crippen LogP contribution < -0.4 is 0 Å². The molecule has 84 valence electrons. The summed E-state index contributed by atoms with van der Waals surface area (Å²) >= 11 is 0. The molecule has 4 heteroatoms. The summed E-state index contributed by atoms with van der Waals surface area (Å²) in [6.45, 7) is 3.47. The van der Waals surface area contributed by atoms with Gasteiger partial charge in [-0.2, -0.15) is 0 Å². The highest BCUT2D eigenvalue weighted by Crippen LogP contribution is 2.20. The van der Waals surface area contributed by atoms with Crippen molar-refractivity contribution in [3.8, 4) is 0 Å². The van der Waals surface area contributed by atoms with Gasteiger partial charge in [0.1, 0.15) is 6.26 Å². The molecule has 0 aromatic carbocycles. The second kappa shape index (κ2) is 5.28. The standard InChI is InChI=1S/C11H18N2O2/c14-5-3-10-2-1-4-13(7-10)8-11-6-12-15-9-11/h6,9-10,14H,1-5,7-8H2. The lowest BCUT2D eigenvalue weighted by Gasteiger charge is -2.31. The molecule has 2 heterocycles. The molecule has 1 aromatic rings. The molecular weight excluding hydrogens is 192 g/mol. The lowest BCUT2D eigenvalue weighted by molar-refractivity contribution is 0.142. The largest absolute Gasteiger partial charge is 0.396 e. The van der Waals surface area contributed by atoms with Crippen molar-refractivity contribution >= 4 is 0 Å². The second-order valence-electron chi connectivity index (χ2n) is 4.29. The first kappa shape index (κ1) is 10.6. The normalized spacial score (nSPS) is 23.1. The van der Waals surface area contributed by atoms with Gasteiger partial charge in [-0.25, -0.2) is 0 Å². The van der Waals surface area contributed by atoms with Crippen molar-refractivity contribution in [1.82, 2.24) is 10.1 Å². The number of likely N-dealkylation sites (tertiary alicyclic amines) is 1. The molecule has 1 unspecified atom stereocenters. The Bertz CT molecular complexity index is 272. The van der Waals surface area contributed by atoms with Crippen molar-refractivity contribution in [2.24, 2.45) is 5.92 Å². The summed E-state index contributed by atoms with van der Waals surface area (Å²) in [6, 6.07) is 0. The number of piperidine rings is 1. The zero-order valence-corrected chi connectivity index (χ0v) is 8.93. The summed E-state index contributed by atoms with van der Waals surface area (Å²) in [7, 11) is 0. The van der Waals surface area contributed by atoms with Gasteiger partial charge in [0.15, 0.2) is 0 Å². The van der Waals surface area contributed by atoms with Gasteiger partial charge in [0.05, 0.1) is 6.20 Å². The van der Waals surface area contributed by atoms with Crippen molar-refractivity contribution in [2.45, 2.75) is 25.8 Å². The minimum atomic E-state index is 0.311. The Morgan fingerprint density at radius 1 is 1.60 bits per heavy atom. The molecule has 1 saturated heterocycles. The van der Waals surface area contributed by atoms with Gasteiger partial charge in [-0.3, -0.25) is 4.90 Å². The van der Waals surface area contributed by atoms with Crippen molar-refractivity contribution in [3.63, 3.8) is 0 Å². The van der Waals surface area contributed by atoms with Crippen LogP contribution in [-0.2, 0) is 6.54 Å². The van der Waals surface area contributed by atoms with Crippen molar-refractivity contribution < 1.29 is 9.63 Å². The highest BCUT2D eigenvalue weighted by Gasteiger charge is 2.19. The molecule has 1 fully saturated rings. The third-order valence-corrected chi connectivity index (χ3v) is 3.03. The molecular formula is C11H18N2O2. The highest BCUT2D eigenvalue weighted by atomic mass is 16.5. The van der Waals surface area contributed by atoms with Gasteiger partial charge in [-0.05, 0) is 31.7 Å². The first-order chi connectivity index (χ1) is 7.38. The molecule has 0 radical (unpaired) electrons. The van der Waals surface area contributed by atoms with Crippen LogP contribution in [0.25, 0.3) is 0 Å². The molecule has 1 atom stereocenters. The predicted molar refractivity (Wildman–Crippen MR) is 56.2 cm³/mol. The van der Waals surface area contributed by atoms with Crippen LogP contribution in [-0.4, -0.2) is 34.9 Å². The maximum absolute atomic E-state index is 8.92. The van der Waals surface area contributed by atoms with E-state index in [-0.39, 0.29) is 0 Å². The highest BCUT2D eigenvalue weighted by molar-refractivity contribution is 5.00. The summed E-state index contributed by atoms with van der Waals surface area (Å²) in [5.41, 5.74) is 1.14. The monoisotopic (exact) mass is 210 g/mol. The van der Waals surface area contributed by atoms with E-state index in [9.17, 15) is 0 Å². The first-order valence-electron chi connectivity index (χ1n) is 5.60. The van der Waals surface area contributed by atoms with Crippen LogP contribution in [0.2, 0.25) is 0 Å². The fourth-order valence-electron chi connectivity index (χ4n) is 2.28. The number of aromatic nitrogens is 1. The Hall–Kier alpha value is -0.870. The Labute approximate surface area is 89.9 Å². The number of rotatable bonds is 4. The molecule has 1 N–H and O–H groups in total. The van der Waals surface area contributed by atoms with Crippen LogP contribution in [0, 0.1) is 5.92 Å². The average Bonchev–Trinajstić information content (AvgIpc) is 2.71. The summed E-state index contributed by atoms with van der Waals surface area (Å²) in [4.78, 5) is 2.41. The minimum Gasteiger partial charge on any atom is -0.396 e. The maximum atomic E-state index is 8.92. The van der Waals surface area contributed by atoms with E-state index in [2.05, 4.69) is 10.1 Å². The topological polar surface area (TPSA) is 49.5 Å². The zero-order chi connectivity index (χ0) is 10.5. The molecule has 4 nitrogen and oxygen atoms in total. The Kier molecular flexibility index (Phi) is 3.75.